The van der Waals surface area contributed by atoms with Crippen molar-refractivity contribution in [2.75, 3.05) is 0 Å². The van der Waals surface area contributed by atoms with Gasteiger partial charge in [0.15, 0.2) is 0 Å². The SMILES string of the molecule is Cc1noc(C)c1CCC(=O)NCc1nccnc1-c1ccsc1. The molecular formula is C17H18N4O2S. The number of amides is 1. The third kappa shape index (κ3) is 3.68. The first-order valence-electron chi connectivity index (χ1n) is 7.66. The molecule has 124 valence electrons. The van der Waals surface area contributed by atoms with Gasteiger partial charge in [0.05, 0.1) is 23.6 Å². The molecule has 7 heteroatoms. The van der Waals surface area contributed by atoms with Gasteiger partial charge in [-0.1, -0.05) is 5.16 Å². The van der Waals surface area contributed by atoms with E-state index in [0.717, 1.165) is 34.0 Å². The second-order valence-electron chi connectivity index (χ2n) is 5.44. The molecule has 0 aliphatic heterocycles. The van der Waals surface area contributed by atoms with Crippen molar-refractivity contribution in [1.29, 1.82) is 0 Å². The van der Waals surface area contributed by atoms with Crippen molar-refractivity contribution in [1.82, 2.24) is 20.4 Å². The van der Waals surface area contributed by atoms with E-state index < -0.39 is 0 Å². The maximum absolute atomic E-state index is 12.1. The Bertz CT molecular complexity index is 807. The summed E-state index contributed by atoms with van der Waals surface area (Å²) in [6, 6.07) is 2.00. The van der Waals surface area contributed by atoms with Crippen molar-refractivity contribution >= 4 is 17.2 Å². The van der Waals surface area contributed by atoms with Gasteiger partial charge >= 0.3 is 0 Å². The summed E-state index contributed by atoms with van der Waals surface area (Å²) in [7, 11) is 0. The zero-order valence-electron chi connectivity index (χ0n) is 13.6. The van der Waals surface area contributed by atoms with Crippen LogP contribution in [0.1, 0.15) is 29.1 Å². The number of aromatic nitrogens is 3. The van der Waals surface area contributed by atoms with Crippen LogP contribution in [0.15, 0.2) is 33.7 Å². The first-order chi connectivity index (χ1) is 11.6. The molecule has 0 unspecified atom stereocenters. The molecule has 0 aliphatic carbocycles. The first kappa shape index (κ1) is 16.3. The molecule has 1 N–H and O–H groups in total. The Labute approximate surface area is 143 Å². The van der Waals surface area contributed by atoms with Gasteiger partial charge in [-0.25, -0.2) is 0 Å². The summed E-state index contributed by atoms with van der Waals surface area (Å²) in [5.41, 5.74) is 4.44. The predicted octanol–water partition coefficient (Wildman–Crippen LogP) is 3.06. The van der Waals surface area contributed by atoms with Gasteiger partial charge in [0.1, 0.15) is 5.76 Å². The molecule has 0 saturated heterocycles. The van der Waals surface area contributed by atoms with Gasteiger partial charge in [0, 0.05) is 35.3 Å². The number of hydrogen-bond donors (Lipinski definition) is 1. The molecule has 24 heavy (non-hydrogen) atoms. The van der Waals surface area contributed by atoms with Crippen LogP contribution in [0.2, 0.25) is 0 Å². The first-order valence-corrected chi connectivity index (χ1v) is 8.60. The molecule has 0 bridgehead atoms. The van der Waals surface area contributed by atoms with Crippen molar-refractivity contribution in [3.05, 3.63) is 51.9 Å². The van der Waals surface area contributed by atoms with E-state index in [1.807, 2.05) is 30.7 Å². The van der Waals surface area contributed by atoms with Gasteiger partial charge in [0.25, 0.3) is 0 Å². The molecule has 3 rings (SSSR count). The summed E-state index contributed by atoms with van der Waals surface area (Å²) >= 11 is 1.61. The fourth-order valence-electron chi connectivity index (χ4n) is 2.50. The molecule has 0 spiro atoms. The molecule has 1 amide bonds. The lowest BCUT2D eigenvalue weighted by atomic mass is 10.1. The van der Waals surface area contributed by atoms with Gasteiger partial charge in [-0.2, -0.15) is 11.3 Å². The van der Waals surface area contributed by atoms with Gasteiger partial charge in [-0.15, -0.1) is 0 Å². The lowest BCUT2D eigenvalue weighted by Crippen LogP contribution is -2.24. The summed E-state index contributed by atoms with van der Waals surface area (Å²) in [6.45, 7) is 4.11. The number of carbonyl (C=O) groups is 1. The summed E-state index contributed by atoms with van der Waals surface area (Å²) in [4.78, 5) is 20.9. The zero-order valence-corrected chi connectivity index (χ0v) is 14.4. The monoisotopic (exact) mass is 342 g/mol. The van der Waals surface area contributed by atoms with E-state index in [9.17, 15) is 4.79 Å². The molecule has 0 fully saturated rings. The number of carbonyl (C=O) groups excluding carboxylic acids is 1. The summed E-state index contributed by atoms with van der Waals surface area (Å²) in [5.74, 6) is 0.742. The molecule has 0 saturated carbocycles. The third-order valence-corrected chi connectivity index (χ3v) is 4.49. The number of nitrogens with one attached hydrogen (secondary N) is 1. The van der Waals surface area contributed by atoms with Gasteiger partial charge in [0.2, 0.25) is 5.91 Å². The topological polar surface area (TPSA) is 80.9 Å². The second kappa shape index (κ2) is 7.35. The number of aryl methyl sites for hydroxylation is 2. The Hall–Kier alpha value is -2.54. The van der Waals surface area contributed by atoms with E-state index in [2.05, 4.69) is 20.4 Å². The van der Waals surface area contributed by atoms with Crippen LogP contribution >= 0.6 is 11.3 Å². The molecule has 0 atom stereocenters. The average molecular weight is 342 g/mol. The number of thiophene rings is 1. The number of rotatable bonds is 6. The zero-order chi connectivity index (χ0) is 16.9. The average Bonchev–Trinajstić information content (AvgIpc) is 3.22. The van der Waals surface area contributed by atoms with E-state index in [1.165, 1.54) is 0 Å². The molecule has 0 aliphatic rings. The lowest BCUT2D eigenvalue weighted by molar-refractivity contribution is -0.121. The molecule has 3 aromatic rings. The molecule has 0 radical (unpaired) electrons. The Balaban J connectivity index is 1.59. The smallest absolute Gasteiger partial charge is 0.220 e. The van der Waals surface area contributed by atoms with Crippen molar-refractivity contribution in [2.24, 2.45) is 0 Å². The van der Waals surface area contributed by atoms with Crippen molar-refractivity contribution in [3.8, 4) is 11.3 Å². The maximum Gasteiger partial charge on any atom is 0.220 e. The van der Waals surface area contributed by atoms with E-state index in [-0.39, 0.29) is 5.91 Å². The highest BCUT2D eigenvalue weighted by Crippen LogP contribution is 2.22. The quantitative estimate of drug-likeness (QED) is 0.744. The Morgan fingerprint density at radius 3 is 2.83 bits per heavy atom. The van der Waals surface area contributed by atoms with E-state index in [4.69, 9.17) is 4.52 Å². The van der Waals surface area contributed by atoms with Crippen LogP contribution in [0.4, 0.5) is 0 Å². The highest BCUT2D eigenvalue weighted by atomic mass is 32.1. The second-order valence-corrected chi connectivity index (χ2v) is 6.22. The fourth-order valence-corrected chi connectivity index (χ4v) is 3.15. The van der Waals surface area contributed by atoms with Crippen LogP contribution in [0, 0.1) is 13.8 Å². The molecule has 3 aromatic heterocycles. The highest BCUT2D eigenvalue weighted by Gasteiger charge is 2.13. The summed E-state index contributed by atoms with van der Waals surface area (Å²) < 4.78 is 5.11. The Morgan fingerprint density at radius 2 is 2.12 bits per heavy atom. The standard InChI is InChI=1S/C17H18N4O2S/c1-11-14(12(2)23-21-11)3-4-16(22)20-9-15-17(19-7-6-18-15)13-5-8-24-10-13/h5-8,10H,3-4,9H2,1-2H3,(H,20,22). The molecule has 3 heterocycles. The van der Waals surface area contributed by atoms with Gasteiger partial charge in [-0.05, 0) is 31.7 Å². The number of hydrogen-bond acceptors (Lipinski definition) is 6. The molecule has 6 nitrogen and oxygen atoms in total. The van der Waals surface area contributed by atoms with Crippen LogP contribution in [-0.2, 0) is 17.8 Å². The fraction of sp³-hybridized carbons (Fsp3) is 0.294. The minimum absolute atomic E-state index is 0.0306. The Kier molecular flexibility index (Phi) is 5.00. The van der Waals surface area contributed by atoms with Crippen LogP contribution in [-0.4, -0.2) is 21.0 Å². The van der Waals surface area contributed by atoms with Crippen LogP contribution in [0.5, 0.6) is 0 Å². The highest BCUT2D eigenvalue weighted by molar-refractivity contribution is 7.08. The van der Waals surface area contributed by atoms with Crippen LogP contribution < -0.4 is 5.32 Å². The van der Waals surface area contributed by atoms with Crippen molar-refractivity contribution in [2.45, 2.75) is 33.2 Å². The predicted molar refractivity (Wildman–Crippen MR) is 91.5 cm³/mol. The van der Waals surface area contributed by atoms with E-state index >= 15 is 0 Å². The van der Waals surface area contributed by atoms with E-state index in [0.29, 0.717) is 19.4 Å². The summed E-state index contributed by atoms with van der Waals surface area (Å²) in [5, 5.41) is 10.8. The van der Waals surface area contributed by atoms with Crippen LogP contribution in [0.25, 0.3) is 11.3 Å². The van der Waals surface area contributed by atoms with Gasteiger partial charge in [-0.3, -0.25) is 14.8 Å². The Morgan fingerprint density at radius 1 is 1.29 bits per heavy atom. The third-order valence-electron chi connectivity index (χ3n) is 3.80. The summed E-state index contributed by atoms with van der Waals surface area (Å²) in [6.07, 6.45) is 4.30. The minimum atomic E-state index is -0.0306. The van der Waals surface area contributed by atoms with Crippen molar-refractivity contribution < 1.29 is 9.32 Å². The van der Waals surface area contributed by atoms with Crippen LogP contribution in [0.3, 0.4) is 0 Å². The van der Waals surface area contributed by atoms with E-state index in [1.54, 1.807) is 23.7 Å². The van der Waals surface area contributed by atoms with Crippen molar-refractivity contribution in [3.63, 3.8) is 0 Å². The number of nitrogens with zero attached hydrogens (tertiary/aromatic N) is 3. The largest absolute Gasteiger partial charge is 0.361 e. The molecule has 0 aromatic carbocycles. The lowest BCUT2D eigenvalue weighted by Gasteiger charge is -2.08. The minimum Gasteiger partial charge on any atom is -0.361 e. The van der Waals surface area contributed by atoms with Gasteiger partial charge < -0.3 is 9.84 Å². The molecular weight excluding hydrogens is 324 g/mol. The maximum atomic E-state index is 12.1. The normalized spacial score (nSPS) is 10.8.